The summed E-state index contributed by atoms with van der Waals surface area (Å²) in [5, 5.41) is 3.03. The van der Waals surface area contributed by atoms with Gasteiger partial charge in [0.05, 0.1) is 5.56 Å². The smallest absolute Gasteiger partial charge is 0.348 e. The number of nitrogens with zero attached hydrogens (tertiary/aromatic N) is 4. The molecule has 0 atom stereocenters. The van der Waals surface area contributed by atoms with Crippen molar-refractivity contribution in [1.29, 1.82) is 0 Å². The lowest BCUT2D eigenvalue weighted by Gasteiger charge is -2.25. The van der Waals surface area contributed by atoms with E-state index in [1.54, 1.807) is 0 Å². The van der Waals surface area contributed by atoms with E-state index in [9.17, 15) is 27.6 Å². The van der Waals surface area contributed by atoms with Crippen LogP contribution in [0.25, 0.3) is 10.3 Å². The van der Waals surface area contributed by atoms with E-state index in [0.717, 1.165) is 53.6 Å². The van der Waals surface area contributed by atoms with Crippen LogP contribution in [0.2, 0.25) is 0 Å². The first-order valence-electron chi connectivity index (χ1n) is 11.0. The topological polar surface area (TPSA) is 89.2 Å². The van der Waals surface area contributed by atoms with Crippen LogP contribution in [0.4, 0.5) is 24.0 Å². The average molecular weight is 496 g/mol. The van der Waals surface area contributed by atoms with Crippen LogP contribution in [-0.4, -0.2) is 33.1 Å². The maximum absolute atomic E-state index is 13.1. The summed E-state index contributed by atoms with van der Waals surface area (Å²) in [7, 11) is 0. The van der Waals surface area contributed by atoms with Gasteiger partial charge in [0.2, 0.25) is 5.91 Å². The van der Waals surface area contributed by atoms with Gasteiger partial charge in [-0.05, 0) is 43.9 Å². The number of aromatic nitrogens is 3. The molecule has 1 N–H and O–H groups in total. The van der Waals surface area contributed by atoms with E-state index in [4.69, 9.17) is 0 Å². The fourth-order valence-electron chi connectivity index (χ4n) is 3.97. The van der Waals surface area contributed by atoms with E-state index < -0.39 is 35.4 Å². The van der Waals surface area contributed by atoms with Crippen LogP contribution in [0.5, 0.6) is 0 Å². The van der Waals surface area contributed by atoms with E-state index in [1.165, 1.54) is 23.5 Å². The molecule has 2 aromatic heterocycles. The fourth-order valence-corrected chi connectivity index (χ4v) is 5.04. The molecule has 3 aromatic rings. The molecular formula is C22H24F3N5O3S. The summed E-state index contributed by atoms with van der Waals surface area (Å²) in [6, 6.07) is 4.25. The molecule has 34 heavy (non-hydrogen) atoms. The molecule has 1 saturated heterocycles. The summed E-state index contributed by atoms with van der Waals surface area (Å²) in [5.74, 6) is -0.697. The summed E-state index contributed by atoms with van der Waals surface area (Å²) in [4.78, 5) is 45.4. The van der Waals surface area contributed by atoms with Crippen molar-refractivity contribution >= 4 is 38.4 Å². The number of alkyl halides is 3. The maximum Gasteiger partial charge on any atom is 0.416 e. The zero-order chi connectivity index (χ0) is 24.5. The quantitative estimate of drug-likeness (QED) is 0.564. The second kappa shape index (κ2) is 9.61. The number of benzene rings is 1. The fraction of sp³-hybridized carbons (Fsp3) is 0.455. The number of carbonyl (C=O) groups is 1. The number of rotatable bonds is 6. The molecule has 0 unspecified atom stereocenters. The van der Waals surface area contributed by atoms with Crippen molar-refractivity contribution in [3.05, 3.63) is 50.7 Å². The zero-order valence-electron chi connectivity index (χ0n) is 18.5. The largest absolute Gasteiger partial charge is 0.416 e. The van der Waals surface area contributed by atoms with Gasteiger partial charge in [-0.2, -0.15) is 13.2 Å². The van der Waals surface area contributed by atoms with Crippen LogP contribution in [0, 0.1) is 0 Å². The highest BCUT2D eigenvalue weighted by Gasteiger charge is 2.30. The third-order valence-electron chi connectivity index (χ3n) is 5.60. The minimum absolute atomic E-state index is 0.0433. The van der Waals surface area contributed by atoms with Crippen LogP contribution in [0.15, 0.2) is 33.9 Å². The highest BCUT2D eigenvalue weighted by atomic mass is 32.1. The molecule has 1 aliphatic heterocycles. The van der Waals surface area contributed by atoms with Gasteiger partial charge in [0.25, 0.3) is 5.56 Å². The first kappa shape index (κ1) is 24.0. The summed E-state index contributed by atoms with van der Waals surface area (Å²) in [6.07, 6.45) is -0.894. The van der Waals surface area contributed by atoms with E-state index in [1.807, 2.05) is 6.92 Å². The highest BCUT2D eigenvalue weighted by molar-refractivity contribution is 7.22. The van der Waals surface area contributed by atoms with Gasteiger partial charge in [-0.25, -0.2) is 9.78 Å². The summed E-state index contributed by atoms with van der Waals surface area (Å²) in [6.45, 7) is 3.11. The van der Waals surface area contributed by atoms with E-state index >= 15 is 0 Å². The number of carbonyl (C=O) groups excluding carboxylic acids is 1. The first-order valence-corrected chi connectivity index (χ1v) is 11.9. The number of fused-ring (bicyclic) bond motifs is 1. The Morgan fingerprint density at radius 1 is 1.15 bits per heavy atom. The number of hydrogen-bond donors (Lipinski definition) is 1. The molecular weight excluding hydrogens is 471 g/mol. The Balaban J connectivity index is 1.70. The van der Waals surface area contributed by atoms with Crippen LogP contribution in [0.1, 0.15) is 38.2 Å². The van der Waals surface area contributed by atoms with Crippen molar-refractivity contribution < 1.29 is 18.0 Å². The van der Waals surface area contributed by atoms with Gasteiger partial charge < -0.3 is 10.2 Å². The minimum atomic E-state index is -4.55. The molecule has 1 fully saturated rings. The molecule has 8 nitrogen and oxygen atoms in total. The van der Waals surface area contributed by atoms with Gasteiger partial charge >= 0.3 is 11.9 Å². The Labute approximate surface area is 196 Å². The van der Waals surface area contributed by atoms with Crippen LogP contribution in [-0.2, 0) is 24.1 Å². The van der Waals surface area contributed by atoms with Crippen molar-refractivity contribution in [2.75, 3.05) is 23.3 Å². The molecule has 0 spiro atoms. The Bertz CT molecular complexity index is 1320. The predicted octanol–water partition coefficient (Wildman–Crippen LogP) is 3.68. The summed E-state index contributed by atoms with van der Waals surface area (Å²) >= 11 is 1.19. The predicted molar refractivity (Wildman–Crippen MR) is 125 cm³/mol. The Hall–Kier alpha value is -3.15. The second-order valence-corrected chi connectivity index (χ2v) is 9.13. The van der Waals surface area contributed by atoms with E-state index in [2.05, 4.69) is 15.2 Å². The number of nitrogens with one attached hydrogen (secondary N) is 1. The van der Waals surface area contributed by atoms with Gasteiger partial charge in [-0.1, -0.05) is 24.3 Å². The number of piperidine rings is 1. The SMILES string of the molecule is CCCn1c(=O)c2sc(N3CCCCC3)nc2n(CC(=O)Nc2cccc(C(F)(F)F)c2)c1=O. The number of hydrogen-bond acceptors (Lipinski definition) is 6. The van der Waals surface area contributed by atoms with Crippen LogP contribution in [0.3, 0.4) is 0 Å². The molecule has 1 aromatic carbocycles. The van der Waals surface area contributed by atoms with Crippen LogP contribution < -0.4 is 21.5 Å². The normalized spacial score (nSPS) is 14.5. The highest BCUT2D eigenvalue weighted by Crippen LogP contribution is 2.31. The minimum Gasteiger partial charge on any atom is -0.348 e. The molecule has 4 rings (SSSR count). The lowest BCUT2D eigenvalue weighted by atomic mass is 10.1. The molecule has 1 amide bonds. The van der Waals surface area contributed by atoms with Gasteiger partial charge in [0, 0.05) is 25.3 Å². The molecule has 12 heteroatoms. The van der Waals surface area contributed by atoms with Gasteiger partial charge in [0.1, 0.15) is 11.2 Å². The van der Waals surface area contributed by atoms with Crippen molar-refractivity contribution in [2.24, 2.45) is 0 Å². The monoisotopic (exact) mass is 495 g/mol. The second-order valence-electron chi connectivity index (χ2n) is 8.15. The number of anilines is 2. The van der Waals surface area contributed by atoms with Crippen LogP contribution >= 0.6 is 11.3 Å². The molecule has 3 heterocycles. The van der Waals surface area contributed by atoms with E-state index in [-0.39, 0.29) is 22.6 Å². The number of halogens is 3. The molecule has 182 valence electrons. The Kier molecular flexibility index (Phi) is 6.78. The third-order valence-corrected chi connectivity index (χ3v) is 6.70. The average Bonchev–Trinajstić information content (AvgIpc) is 3.25. The Morgan fingerprint density at radius 2 is 1.88 bits per heavy atom. The van der Waals surface area contributed by atoms with Crippen molar-refractivity contribution in [2.45, 2.75) is 51.9 Å². The summed E-state index contributed by atoms with van der Waals surface area (Å²) in [5.41, 5.74) is -1.94. The van der Waals surface area contributed by atoms with Gasteiger partial charge in [-0.3, -0.25) is 18.7 Å². The maximum atomic E-state index is 13.1. The molecule has 0 bridgehead atoms. The molecule has 1 aliphatic rings. The number of amides is 1. The standard InChI is InChI=1S/C22H24F3N5O3S/c1-2-9-29-19(32)17-18(27-20(34-17)28-10-4-3-5-11-28)30(21(29)33)13-16(31)26-15-8-6-7-14(12-15)22(23,24)25/h6-8,12H,2-5,9-11,13H2,1H3,(H,26,31). The van der Waals surface area contributed by atoms with Gasteiger partial charge in [0.15, 0.2) is 10.8 Å². The van der Waals surface area contributed by atoms with Crippen molar-refractivity contribution in [3.63, 3.8) is 0 Å². The van der Waals surface area contributed by atoms with Crippen molar-refractivity contribution in [1.82, 2.24) is 14.1 Å². The summed E-state index contributed by atoms with van der Waals surface area (Å²) < 4.78 is 41.4. The first-order chi connectivity index (χ1) is 16.2. The van der Waals surface area contributed by atoms with Gasteiger partial charge in [-0.15, -0.1) is 0 Å². The molecule has 0 aliphatic carbocycles. The van der Waals surface area contributed by atoms with E-state index in [0.29, 0.717) is 11.6 Å². The lowest BCUT2D eigenvalue weighted by Crippen LogP contribution is -2.41. The molecule has 0 radical (unpaired) electrons. The third kappa shape index (κ3) is 4.86. The number of thiazole rings is 1. The van der Waals surface area contributed by atoms with Crippen molar-refractivity contribution in [3.8, 4) is 0 Å². The lowest BCUT2D eigenvalue weighted by molar-refractivity contribution is -0.137. The zero-order valence-corrected chi connectivity index (χ0v) is 19.3. The Morgan fingerprint density at radius 3 is 2.56 bits per heavy atom. The molecule has 0 saturated carbocycles.